The van der Waals surface area contributed by atoms with Gasteiger partial charge in [-0.2, -0.15) is 5.10 Å². The van der Waals surface area contributed by atoms with Gasteiger partial charge in [0.1, 0.15) is 5.82 Å². The Labute approximate surface area is 165 Å². The second kappa shape index (κ2) is 6.97. The summed E-state index contributed by atoms with van der Waals surface area (Å²) in [7, 11) is 0. The van der Waals surface area contributed by atoms with Gasteiger partial charge in [-0.3, -0.25) is 4.79 Å². The highest BCUT2D eigenvalue weighted by Gasteiger charge is 2.32. The molecule has 0 atom stereocenters. The molecule has 1 amide bonds. The van der Waals surface area contributed by atoms with Crippen LogP contribution in [0.15, 0.2) is 48.8 Å². The molecule has 144 valence electrons. The number of hydrogen-bond donors (Lipinski definition) is 0. The van der Waals surface area contributed by atoms with E-state index in [1.54, 1.807) is 0 Å². The number of carbonyl (C=O) groups is 1. The van der Waals surface area contributed by atoms with Crippen LogP contribution in [0, 0.1) is 12.8 Å². The second-order valence-corrected chi connectivity index (χ2v) is 8.19. The Bertz CT molecular complexity index is 979. The fourth-order valence-corrected chi connectivity index (χ4v) is 4.58. The zero-order chi connectivity index (χ0) is 19.1. The van der Waals surface area contributed by atoms with Crippen LogP contribution in [0.4, 0.5) is 0 Å². The highest BCUT2D eigenvalue weighted by Crippen LogP contribution is 2.33. The molecule has 1 fully saturated rings. The lowest BCUT2D eigenvalue weighted by molar-refractivity contribution is -0.132. The van der Waals surface area contributed by atoms with Crippen molar-refractivity contribution in [1.82, 2.24) is 19.2 Å². The van der Waals surface area contributed by atoms with Crippen molar-refractivity contribution >= 4 is 5.91 Å². The third-order valence-corrected chi connectivity index (χ3v) is 6.15. The number of rotatable bonds is 4. The molecule has 5 rings (SSSR count). The lowest BCUT2D eigenvalue weighted by Gasteiger charge is -2.19. The van der Waals surface area contributed by atoms with E-state index in [9.17, 15) is 4.79 Å². The fraction of sp³-hybridized carbons (Fsp3) is 0.391. The Balaban J connectivity index is 1.46. The van der Waals surface area contributed by atoms with E-state index in [2.05, 4.69) is 35.8 Å². The molecule has 2 aliphatic rings. The number of carbonyl (C=O) groups excluding carboxylic acids is 1. The molecule has 5 nitrogen and oxygen atoms in total. The predicted octanol–water partition coefficient (Wildman–Crippen LogP) is 4.39. The smallest absolute Gasteiger partial charge is 0.223 e. The first-order valence-corrected chi connectivity index (χ1v) is 10.3. The van der Waals surface area contributed by atoms with E-state index in [0.717, 1.165) is 22.8 Å². The Morgan fingerprint density at radius 1 is 1.07 bits per heavy atom. The molecule has 5 heteroatoms. The van der Waals surface area contributed by atoms with Gasteiger partial charge in [0, 0.05) is 24.4 Å². The first kappa shape index (κ1) is 17.3. The molecule has 3 heterocycles. The summed E-state index contributed by atoms with van der Waals surface area (Å²) >= 11 is 0. The summed E-state index contributed by atoms with van der Waals surface area (Å²) in [4.78, 5) is 14.8. The largest absolute Gasteiger partial charge is 0.332 e. The molecule has 0 bridgehead atoms. The van der Waals surface area contributed by atoms with Crippen LogP contribution in [-0.4, -0.2) is 25.2 Å². The van der Waals surface area contributed by atoms with Crippen molar-refractivity contribution in [2.24, 2.45) is 5.92 Å². The molecule has 1 aromatic carbocycles. The zero-order valence-electron chi connectivity index (χ0n) is 16.3. The first-order valence-electron chi connectivity index (χ1n) is 10.3. The molecule has 3 aromatic rings. The normalized spacial score (nSPS) is 16.7. The topological polar surface area (TPSA) is 43.1 Å². The standard InChI is InChI=1S/C23H26N4O/c1-17-8-10-19(11-9-17)27-23(25-12-4-5-13-25)20-15-26(16-21(20)24-27)22(28)14-18-6-2-3-7-18/h4-5,8-13,18H,2-3,6-7,14-16H2,1H3. The van der Waals surface area contributed by atoms with E-state index in [1.165, 1.54) is 31.2 Å². The Morgan fingerprint density at radius 2 is 1.79 bits per heavy atom. The van der Waals surface area contributed by atoms with Gasteiger partial charge in [0.2, 0.25) is 5.91 Å². The molecule has 1 aliphatic carbocycles. The number of aromatic nitrogens is 3. The van der Waals surface area contributed by atoms with Gasteiger partial charge in [0.25, 0.3) is 0 Å². The number of aryl methyl sites for hydroxylation is 1. The van der Waals surface area contributed by atoms with E-state index in [0.29, 0.717) is 25.4 Å². The molecule has 0 spiro atoms. The summed E-state index contributed by atoms with van der Waals surface area (Å²) < 4.78 is 4.12. The molecule has 28 heavy (non-hydrogen) atoms. The SMILES string of the molecule is Cc1ccc(-n2nc3c(c2-n2cccc2)CN(C(=O)CC2CCCC2)C3)cc1. The Hall–Kier alpha value is -2.82. The molecule has 0 N–H and O–H groups in total. The van der Waals surface area contributed by atoms with E-state index >= 15 is 0 Å². The van der Waals surface area contributed by atoms with Crippen LogP contribution in [0.3, 0.4) is 0 Å². The lowest BCUT2D eigenvalue weighted by Crippen LogP contribution is -2.27. The average Bonchev–Trinajstić information content (AvgIpc) is 3.46. The van der Waals surface area contributed by atoms with Crippen LogP contribution in [0.25, 0.3) is 11.5 Å². The number of benzene rings is 1. The third kappa shape index (κ3) is 3.05. The van der Waals surface area contributed by atoms with Crippen LogP contribution in [0.5, 0.6) is 0 Å². The predicted molar refractivity (Wildman–Crippen MR) is 108 cm³/mol. The number of hydrogen-bond acceptors (Lipinski definition) is 2. The van der Waals surface area contributed by atoms with Crippen molar-refractivity contribution < 1.29 is 4.79 Å². The summed E-state index contributed by atoms with van der Waals surface area (Å²) in [6, 6.07) is 12.5. The van der Waals surface area contributed by atoms with Crippen molar-refractivity contribution in [3.8, 4) is 11.5 Å². The Morgan fingerprint density at radius 3 is 2.50 bits per heavy atom. The van der Waals surface area contributed by atoms with Gasteiger partial charge in [-0.05, 0) is 49.9 Å². The van der Waals surface area contributed by atoms with E-state index in [1.807, 2.05) is 34.1 Å². The monoisotopic (exact) mass is 374 g/mol. The highest BCUT2D eigenvalue weighted by atomic mass is 16.2. The van der Waals surface area contributed by atoms with Gasteiger partial charge in [-0.15, -0.1) is 0 Å². The van der Waals surface area contributed by atoms with Gasteiger partial charge >= 0.3 is 0 Å². The van der Waals surface area contributed by atoms with Gasteiger partial charge in [0.05, 0.1) is 24.5 Å². The molecule has 0 unspecified atom stereocenters. The van der Waals surface area contributed by atoms with E-state index in [-0.39, 0.29) is 5.91 Å². The van der Waals surface area contributed by atoms with Crippen LogP contribution < -0.4 is 0 Å². The summed E-state index contributed by atoms with van der Waals surface area (Å²) in [6.45, 7) is 3.36. The zero-order valence-corrected chi connectivity index (χ0v) is 16.3. The molecular formula is C23H26N4O. The first-order chi connectivity index (χ1) is 13.7. The second-order valence-electron chi connectivity index (χ2n) is 8.19. The van der Waals surface area contributed by atoms with Gasteiger partial charge in [-0.25, -0.2) is 4.68 Å². The summed E-state index contributed by atoms with van der Waals surface area (Å²) in [5.41, 5.74) is 4.46. The molecular weight excluding hydrogens is 348 g/mol. The maximum absolute atomic E-state index is 12.8. The maximum atomic E-state index is 12.8. The van der Waals surface area contributed by atoms with Crippen LogP contribution in [0.1, 0.15) is 48.9 Å². The van der Waals surface area contributed by atoms with Crippen molar-refractivity contribution in [1.29, 1.82) is 0 Å². The van der Waals surface area contributed by atoms with Crippen molar-refractivity contribution in [3.63, 3.8) is 0 Å². The Kier molecular flexibility index (Phi) is 4.30. The minimum Gasteiger partial charge on any atom is -0.332 e. The average molecular weight is 374 g/mol. The highest BCUT2D eigenvalue weighted by molar-refractivity contribution is 5.77. The minimum atomic E-state index is 0.283. The molecule has 0 saturated heterocycles. The fourth-order valence-electron chi connectivity index (χ4n) is 4.58. The molecule has 1 aliphatic heterocycles. The maximum Gasteiger partial charge on any atom is 0.223 e. The van der Waals surface area contributed by atoms with Crippen LogP contribution in [-0.2, 0) is 17.9 Å². The van der Waals surface area contributed by atoms with E-state index < -0.39 is 0 Å². The van der Waals surface area contributed by atoms with Crippen molar-refractivity contribution in [2.75, 3.05) is 0 Å². The minimum absolute atomic E-state index is 0.283. The number of nitrogens with zero attached hydrogens (tertiary/aromatic N) is 4. The van der Waals surface area contributed by atoms with E-state index in [4.69, 9.17) is 5.10 Å². The summed E-state index contributed by atoms with van der Waals surface area (Å²) in [6.07, 6.45) is 9.76. The quantitative estimate of drug-likeness (QED) is 0.680. The van der Waals surface area contributed by atoms with Crippen molar-refractivity contribution in [3.05, 3.63) is 65.6 Å². The third-order valence-electron chi connectivity index (χ3n) is 6.15. The van der Waals surface area contributed by atoms with Gasteiger partial charge in [0.15, 0.2) is 0 Å². The van der Waals surface area contributed by atoms with Gasteiger partial charge in [-0.1, -0.05) is 30.5 Å². The van der Waals surface area contributed by atoms with Crippen molar-refractivity contribution in [2.45, 2.75) is 52.1 Å². The summed E-state index contributed by atoms with van der Waals surface area (Å²) in [5, 5.41) is 4.91. The molecule has 1 saturated carbocycles. The number of fused-ring (bicyclic) bond motifs is 1. The summed E-state index contributed by atoms with van der Waals surface area (Å²) in [5.74, 6) is 1.90. The van der Waals surface area contributed by atoms with Gasteiger partial charge < -0.3 is 9.47 Å². The van der Waals surface area contributed by atoms with Crippen LogP contribution >= 0.6 is 0 Å². The number of amides is 1. The molecule has 2 aromatic heterocycles. The van der Waals surface area contributed by atoms with Crippen LogP contribution in [0.2, 0.25) is 0 Å². The molecule has 0 radical (unpaired) electrons. The lowest BCUT2D eigenvalue weighted by atomic mass is 10.0.